The molecule has 2 aliphatic heterocycles. The molecule has 9 nitrogen and oxygen atoms in total. The molecule has 10 atom stereocenters. The molecule has 1 aromatic carbocycles. The first kappa shape index (κ1) is 30.5. The predicted molar refractivity (Wildman–Crippen MR) is 159 cm³/mol. The highest BCUT2D eigenvalue weighted by Gasteiger charge is 2.75. The summed E-state index contributed by atoms with van der Waals surface area (Å²) in [6, 6.07) is 8.76. The van der Waals surface area contributed by atoms with Crippen LogP contribution in [0.4, 0.5) is 0 Å². The third-order valence-corrected chi connectivity index (χ3v) is 10.6. The third kappa shape index (κ3) is 4.38. The molecular formula is C34H45NO8. The summed E-state index contributed by atoms with van der Waals surface area (Å²) >= 11 is 0. The highest BCUT2D eigenvalue weighted by Crippen LogP contribution is 2.65. The Hall–Kier alpha value is -2.53. The third-order valence-electron chi connectivity index (χ3n) is 10.6. The van der Waals surface area contributed by atoms with Crippen LogP contribution in [-0.4, -0.2) is 96.3 Å². The Bertz CT molecular complexity index is 1360. The quantitative estimate of drug-likeness (QED) is 0.290. The van der Waals surface area contributed by atoms with Gasteiger partial charge in [0.05, 0.1) is 30.0 Å². The van der Waals surface area contributed by atoms with E-state index in [-0.39, 0.29) is 13.0 Å². The van der Waals surface area contributed by atoms with Gasteiger partial charge in [-0.3, -0.25) is 0 Å². The zero-order chi connectivity index (χ0) is 31.1. The van der Waals surface area contributed by atoms with Gasteiger partial charge < -0.3 is 38.8 Å². The monoisotopic (exact) mass is 595 g/mol. The van der Waals surface area contributed by atoms with Gasteiger partial charge in [0.1, 0.15) is 30.0 Å². The Morgan fingerprint density at radius 3 is 2.47 bits per heavy atom. The summed E-state index contributed by atoms with van der Waals surface area (Å²) in [4.78, 5) is 15.9. The lowest BCUT2D eigenvalue weighted by atomic mass is 9.46. The summed E-state index contributed by atoms with van der Waals surface area (Å²) in [5.41, 5.74) is -2.71. The molecule has 3 aliphatic carbocycles. The highest BCUT2D eigenvalue weighted by atomic mass is 16.7. The predicted octanol–water partition coefficient (Wildman–Crippen LogP) is 3.62. The van der Waals surface area contributed by atoms with Crippen molar-refractivity contribution in [1.29, 1.82) is 0 Å². The molecule has 0 aromatic heterocycles. The average Bonchev–Trinajstić information content (AvgIpc) is 3.32. The molecule has 2 saturated heterocycles. The number of benzene rings is 1. The summed E-state index contributed by atoms with van der Waals surface area (Å²) in [7, 11) is 3.92. The maximum absolute atomic E-state index is 13.9. The van der Waals surface area contributed by atoms with Crippen molar-refractivity contribution >= 4 is 5.97 Å². The maximum Gasteiger partial charge on any atom is 0.338 e. The van der Waals surface area contributed by atoms with Gasteiger partial charge in [0.2, 0.25) is 0 Å². The van der Waals surface area contributed by atoms with Crippen LogP contribution in [-0.2, 0) is 23.7 Å². The lowest BCUT2D eigenvalue weighted by Gasteiger charge is -2.66. The number of likely N-dealkylation sites (N-methyl/N-ethyl adjacent to an activating group) is 1. The number of allylic oxidation sites excluding steroid dienone is 1. The van der Waals surface area contributed by atoms with E-state index < -0.39 is 70.7 Å². The van der Waals surface area contributed by atoms with Gasteiger partial charge in [0, 0.05) is 23.8 Å². The molecule has 1 unspecified atom stereocenters. The number of nitrogens with zero attached hydrogens (tertiary/aromatic N) is 1. The molecule has 3 fully saturated rings. The molecule has 234 valence electrons. The summed E-state index contributed by atoms with van der Waals surface area (Å²) in [5, 5.41) is 24.7. The molecule has 0 amide bonds. The lowest BCUT2D eigenvalue weighted by Crippen LogP contribution is -2.78. The van der Waals surface area contributed by atoms with E-state index in [0.29, 0.717) is 17.9 Å². The molecular weight excluding hydrogens is 550 g/mol. The summed E-state index contributed by atoms with van der Waals surface area (Å²) in [6.45, 7) is 14.4. The number of esters is 1. The molecule has 0 radical (unpaired) electrons. The van der Waals surface area contributed by atoms with Crippen LogP contribution in [0.15, 0.2) is 66.0 Å². The summed E-state index contributed by atoms with van der Waals surface area (Å²) in [5.74, 6) is -0.751. The van der Waals surface area contributed by atoms with Crippen molar-refractivity contribution in [3.63, 3.8) is 0 Å². The Balaban J connectivity index is 1.62. The minimum absolute atomic E-state index is 0.0353. The number of carbonyl (C=O) groups is 1. The lowest BCUT2D eigenvalue weighted by molar-refractivity contribution is -0.317. The zero-order valence-electron chi connectivity index (χ0n) is 26.2. The van der Waals surface area contributed by atoms with Crippen LogP contribution in [0.1, 0.15) is 51.4 Å². The van der Waals surface area contributed by atoms with Crippen molar-refractivity contribution in [2.75, 3.05) is 27.2 Å². The Kier molecular flexibility index (Phi) is 7.27. The molecule has 2 N–H and O–H groups in total. The van der Waals surface area contributed by atoms with E-state index in [1.807, 2.05) is 51.9 Å². The van der Waals surface area contributed by atoms with Crippen LogP contribution in [0, 0.1) is 16.7 Å². The van der Waals surface area contributed by atoms with Crippen LogP contribution >= 0.6 is 0 Å². The normalized spacial score (nSPS) is 42.6. The van der Waals surface area contributed by atoms with Crippen molar-refractivity contribution in [3.05, 3.63) is 71.5 Å². The van der Waals surface area contributed by atoms with Gasteiger partial charge in [-0.05, 0) is 51.2 Å². The van der Waals surface area contributed by atoms with E-state index in [2.05, 4.69) is 19.6 Å². The molecule has 2 heterocycles. The number of hydrogen-bond acceptors (Lipinski definition) is 9. The minimum atomic E-state index is -1.72. The van der Waals surface area contributed by atoms with Gasteiger partial charge in [0.15, 0.2) is 11.9 Å². The molecule has 1 saturated carbocycles. The summed E-state index contributed by atoms with van der Waals surface area (Å²) in [6.07, 6.45) is -0.261. The topological polar surface area (TPSA) is 107 Å². The molecule has 2 bridgehead atoms. The van der Waals surface area contributed by atoms with Crippen LogP contribution < -0.4 is 0 Å². The molecule has 43 heavy (non-hydrogen) atoms. The first-order valence-corrected chi connectivity index (χ1v) is 15.1. The SMILES string of the molecule is C=C(C)O[C@@]12COC1C=C[C@@]1(C)[C@@H]3O[C@H](CN(C)C)O[C@@H]3C3=C(C)[C@@H](O)C[C@@](O)([C@@H](OC(=O)c4ccccc4)[C@@H]12)C3(C)C. The van der Waals surface area contributed by atoms with E-state index in [0.717, 1.165) is 11.1 Å². The van der Waals surface area contributed by atoms with Crippen molar-refractivity contribution in [3.8, 4) is 0 Å². The second kappa shape index (κ2) is 10.3. The number of aliphatic hydroxyl groups is 2. The van der Waals surface area contributed by atoms with Gasteiger partial charge in [-0.1, -0.05) is 57.7 Å². The number of fused-ring (bicyclic) bond motifs is 8. The number of ether oxygens (including phenoxy) is 5. The minimum Gasteiger partial charge on any atom is -0.487 e. The largest absolute Gasteiger partial charge is 0.487 e. The van der Waals surface area contributed by atoms with Crippen LogP contribution in [0.5, 0.6) is 0 Å². The second-order valence-corrected chi connectivity index (χ2v) is 14.1. The van der Waals surface area contributed by atoms with Crippen molar-refractivity contribution in [2.24, 2.45) is 16.7 Å². The second-order valence-electron chi connectivity index (χ2n) is 14.1. The fourth-order valence-electron chi connectivity index (χ4n) is 8.52. The first-order chi connectivity index (χ1) is 20.2. The van der Waals surface area contributed by atoms with Crippen LogP contribution in [0.25, 0.3) is 0 Å². The van der Waals surface area contributed by atoms with E-state index >= 15 is 0 Å². The smallest absolute Gasteiger partial charge is 0.338 e. The zero-order valence-corrected chi connectivity index (χ0v) is 26.2. The van der Waals surface area contributed by atoms with Gasteiger partial charge in [-0.25, -0.2) is 4.79 Å². The standard InChI is InChI=1S/C34H45NO8/c1-19(2)43-33-18-39-23(33)14-15-32(6)27(33)29(42-30(37)21-12-10-9-11-13-21)34(38)16-22(36)20(3)25(31(34,4)5)26-28(32)41-24(40-26)17-35(7)8/h9-15,22-24,26-29,36,38H,1,16-18H2,2-8H3/t22-,23?,24+,26+,27-,28+,29-,32+,33-,34+/m0/s1. The van der Waals surface area contributed by atoms with E-state index in [9.17, 15) is 15.0 Å². The van der Waals surface area contributed by atoms with Gasteiger partial charge >= 0.3 is 5.97 Å². The molecule has 9 heteroatoms. The van der Waals surface area contributed by atoms with Gasteiger partial charge in [-0.2, -0.15) is 0 Å². The van der Waals surface area contributed by atoms with Crippen molar-refractivity contribution in [1.82, 2.24) is 4.90 Å². The van der Waals surface area contributed by atoms with Crippen LogP contribution in [0.3, 0.4) is 0 Å². The highest BCUT2D eigenvalue weighted by molar-refractivity contribution is 5.89. The fraction of sp³-hybridized carbons (Fsp3) is 0.618. The van der Waals surface area contributed by atoms with Crippen molar-refractivity contribution < 1.29 is 38.7 Å². The molecule has 0 spiro atoms. The first-order valence-electron chi connectivity index (χ1n) is 15.1. The number of hydrogen-bond donors (Lipinski definition) is 2. The Labute approximate surface area is 254 Å². The number of rotatable bonds is 6. The van der Waals surface area contributed by atoms with Crippen molar-refractivity contribution in [2.45, 2.75) is 89.1 Å². The molecule has 5 aliphatic rings. The molecule has 6 rings (SSSR count). The Morgan fingerprint density at radius 1 is 1.16 bits per heavy atom. The summed E-state index contributed by atoms with van der Waals surface area (Å²) < 4.78 is 32.7. The maximum atomic E-state index is 13.9. The van der Waals surface area contributed by atoms with Gasteiger partial charge in [0.25, 0.3) is 0 Å². The average molecular weight is 596 g/mol. The van der Waals surface area contributed by atoms with E-state index in [1.165, 1.54) is 0 Å². The van der Waals surface area contributed by atoms with E-state index in [1.54, 1.807) is 31.2 Å². The number of aliphatic hydroxyl groups excluding tert-OH is 1. The fourth-order valence-corrected chi connectivity index (χ4v) is 8.52. The van der Waals surface area contributed by atoms with Crippen LogP contribution in [0.2, 0.25) is 0 Å². The number of carbonyl (C=O) groups excluding carboxylic acids is 1. The van der Waals surface area contributed by atoms with E-state index in [4.69, 9.17) is 23.7 Å². The van der Waals surface area contributed by atoms with Gasteiger partial charge in [-0.15, -0.1) is 0 Å². The Morgan fingerprint density at radius 2 is 1.86 bits per heavy atom. The molecule has 1 aromatic rings.